The molecule has 7 heteroatoms. The molecule has 1 aliphatic rings. The quantitative estimate of drug-likeness (QED) is 0.829. The highest BCUT2D eigenvalue weighted by Crippen LogP contribution is 2.28. The first-order chi connectivity index (χ1) is 12.0. The maximum atomic E-state index is 12.7. The Balaban J connectivity index is 1.87. The molecule has 0 spiro atoms. The highest BCUT2D eigenvalue weighted by Gasteiger charge is 2.21. The summed E-state index contributed by atoms with van der Waals surface area (Å²) in [7, 11) is -3.80. The van der Waals surface area contributed by atoms with Gasteiger partial charge in [-0.15, -0.1) is 0 Å². The average molecular weight is 360 g/mol. The minimum Gasteiger partial charge on any atom is -0.493 e. The highest BCUT2D eigenvalue weighted by molar-refractivity contribution is 7.92. The normalized spacial score (nSPS) is 13.0. The molecule has 6 nitrogen and oxygen atoms in total. The fourth-order valence-electron chi connectivity index (χ4n) is 2.64. The number of anilines is 1. The molecule has 3 rings (SSSR count). The predicted molar refractivity (Wildman–Crippen MR) is 95.5 cm³/mol. The van der Waals surface area contributed by atoms with Crippen molar-refractivity contribution in [2.45, 2.75) is 24.7 Å². The van der Waals surface area contributed by atoms with Crippen molar-refractivity contribution in [3.63, 3.8) is 0 Å². The topological polar surface area (TPSA) is 84.5 Å². The number of benzene rings is 2. The third-order valence-electron chi connectivity index (χ3n) is 3.92. The lowest BCUT2D eigenvalue weighted by Gasteiger charge is -2.13. The first-order valence-electron chi connectivity index (χ1n) is 8.17. The lowest BCUT2D eigenvalue weighted by Crippen LogP contribution is -2.25. The van der Waals surface area contributed by atoms with E-state index in [0.717, 1.165) is 17.7 Å². The lowest BCUT2D eigenvalue weighted by molar-refractivity contribution is 0.0954. The third-order valence-corrected chi connectivity index (χ3v) is 5.29. The van der Waals surface area contributed by atoms with Crippen molar-refractivity contribution >= 4 is 21.6 Å². The van der Waals surface area contributed by atoms with E-state index in [2.05, 4.69) is 10.0 Å². The second-order valence-electron chi connectivity index (χ2n) is 5.77. The number of rotatable bonds is 6. The first kappa shape index (κ1) is 17.3. The lowest BCUT2D eigenvalue weighted by atomic mass is 10.1. The predicted octanol–water partition coefficient (Wildman–Crippen LogP) is 2.56. The molecular weight excluding hydrogens is 340 g/mol. The number of carbonyl (C=O) groups is 1. The van der Waals surface area contributed by atoms with Crippen LogP contribution in [0, 0.1) is 0 Å². The molecule has 0 unspecified atom stereocenters. The van der Waals surface area contributed by atoms with Gasteiger partial charge < -0.3 is 10.1 Å². The summed E-state index contributed by atoms with van der Waals surface area (Å²) in [5.41, 5.74) is 1.42. The van der Waals surface area contributed by atoms with Crippen LogP contribution in [0.4, 0.5) is 5.69 Å². The number of hydrogen-bond donors (Lipinski definition) is 2. The van der Waals surface area contributed by atoms with Gasteiger partial charge in [0.1, 0.15) is 5.75 Å². The summed E-state index contributed by atoms with van der Waals surface area (Å²) in [6.07, 6.45) is 1.49. The number of fused-ring (bicyclic) bond motifs is 1. The van der Waals surface area contributed by atoms with Crippen LogP contribution in [0.25, 0.3) is 0 Å². The van der Waals surface area contributed by atoms with Crippen LogP contribution < -0.4 is 14.8 Å². The van der Waals surface area contributed by atoms with Gasteiger partial charge in [-0.1, -0.05) is 19.1 Å². The maximum Gasteiger partial charge on any atom is 0.261 e. The van der Waals surface area contributed by atoms with Crippen LogP contribution in [-0.4, -0.2) is 27.5 Å². The summed E-state index contributed by atoms with van der Waals surface area (Å²) in [6, 6.07) is 11.3. The molecular formula is C18H20N2O4S. The second kappa shape index (κ2) is 7.14. The zero-order valence-electron chi connectivity index (χ0n) is 13.9. The monoisotopic (exact) mass is 360 g/mol. The summed E-state index contributed by atoms with van der Waals surface area (Å²) in [6.45, 7) is 3.05. The number of para-hydroxylation sites is 1. The summed E-state index contributed by atoms with van der Waals surface area (Å²) in [5, 5.41) is 2.76. The van der Waals surface area contributed by atoms with Crippen molar-refractivity contribution < 1.29 is 17.9 Å². The van der Waals surface area contributed by atoms with Gasteiger partial charge in [-0.05, 0) is 42.3 Å². The molecule has 0 saturated carbocycles. The Bertz CT molecular complexity index is 894. The number of hydrogen-bond acceptors (Lipinski definition) is 4. The molecule has 132 valence electrons. The molecule has 2 aromatic rings. The smallest absolute Gasteiger partial charge is 0.261 e. The first-order valence-corrected chi connectivity index (χ1v) is 9.65. The van der Waals surface area contributed by atoms with Crippen LogP contribution in [0.5, 0.6) is 5.75 Å². The van der Waals surface area contributed by atoms with E-state index in [-0.39, 0.29) is 16.5 Å². The number of sulfonamides is 1. The van der Waals surface area contributed by atoms with Crippen molar-refractivity contribution in [2.24, 2.45) is 0 Å². The Morgan fingerprint density at radius 2 is 2.00 bits per heavy atom. The third kappa shape index (κ3) is 3.76. The number of ether oxygens (including phenoxy) is 1. The van der Waals surface area contributed by atoms with E-state index >= 15 is 0 Å². The molecule has 0 atom stereocenters. The Kier molecular flexibility index (Phi) is 4.94. The zero-order valence-corrected chi connectivity index (χ0v) is 14.7. The van der Waals surface area contributed by atoms with Crippen molar-refractivity contribution in [1.82, 2.24) is 5.32 Å². The Hall–Kier alpha value is -2.54. The van der Waals surface area contributed by atoms with Gasteiger partial charge >= 0.3 is 0 Å². The van der Waals surface area contributed by atoms with Crippen LogP contribution in [0.2, 0.25) is 0 Å². The Morgan fingerprint density at radius 3 is 2.80 bits per heavy atom. The van der Waals surface area contributed by atoms with Gasteiger partial charge in [0.15, 0.2) is 0 Å². The van der Waals surface area contributed by atoms with Crippen LogP contribution in [-0.2, 0) is 16.4 Å². The van der Waals surface area contributed by atoms with E-state index in [1.807, 2.05) is 6.92 Å². The van der Waals surface area contributed by atoms with E-state index in [9.17, 15) is 13.2 Å². The van der Waals surface area contributed by atoms with Gasteiger partial charge in [0, 0.05) is 13.0 Å². The largest absolute Gasteiger partial charge is 0.493 e. The summed E-state index contributed by atoms with van der Waals surface area (Å²) in [4.78, 5) is 12.4. The Labute approximate surface area is 147 Å². The number of carbonyl (C=O) groups excluding carboxylic acids is 1. The molecule has 1 amide bonds. The fourth-order valence-corrected chi connectivity index (χ4v) is 3.77. The second-order valence-corrected chi connectivity index (χ2v) is 7.46. The van der Waals surface area contributed by atoms with Gasteiger partial charge in [0.2, 0.25) is 0 Å². The molecule has 0 aliphatic carbocycles. The van der Waals surface area contributed by atoms with E-state index in [4.69, 9.17) is 4.74 Å². The van der Waals surface area contributed by atoms with Crippen molar-refractivity contribution in [3.05, 3.63) is 53.6 Å². The molecule has 1 aliphatic heterocycles. The number of amides is 1. The minimum atomic E-state index is -3.80. The maximum absolute atomic E-state index is 12.7. The van der Waals surface area contributed by atoms with E-state index in [1.54, 1.807) is 36.4 Å². The average Bonchev–Trinajstić information content (AvgIpc) is 3.07. The molecule has 0 fully saturated rings. The fraction of sp³-hybridized carbons (Fsp3) is 0.278. The van der Waals surface area contributed by atoms with E-state index < -0.39 is 10.0 Å². The number of nitrogens with one attached hydrogen (secondary N) is 2. The van der Waals surface area contributed by atoms with E-state index in [0.29, 0.717) is 25.1 Å². The van der Waals surface area contributed by atoms with Crippen molar-refractivity contribution in [2.75, 3.05) is 17.9 Å². The molecule has 0 saturated heterocycles. The van der Waals surface area contributed by atoms with Crippen LogP contribution >= 0.6 is 0 Å². The molecule has 25 heavy (non-hydrogen) atoms. The van der Waals surface area contributed by atoms with Crippen molar-refractivity contribution in [3.8, 4) is 5.75 Å². The van der Waals surface area contributed by atoms with Crippen LogP contribution in [0.1, 0.15) is 29.3 Å². The van der Waals surface area contributed by atoms with Crippen LogP contribution in [0.3, 0.4) is 0 Å². The molecule has 2 N–H and O–H groups in total. The highest BCUT2D eigenvalue weighted by atomic mass is 32.2. The summed E-state index contributed by atoms with van der Waals surface area (Å²) >= 11 is 0. The molecule has 0 radical (unpaired) electrons. The van der Waals surface area contributed by atoms with Crippen LogP contribution in [0.15, 0.2) is 47.4 Å². The molecule has 0 aromatic heterocycles. The van der Waals surface area contributed by atoms with Gasteiger partial charge in [-0.25, -0.2) is 8.42 Å². The standard InChI is InChI=1S/C18H20N2O4S/c1-2-10-19-18(21)15-5-3-4-6-16(15)20-25(22,23)14-7-8-17-13(12-14)9-11-24-17/h3-8,12,20H,2,9-11H2,1H3,(H,19,21). The van der Waals surface area contributed by atoms with Gasteiger partial charge in [-0.2, -0.15) is 0 Å². The molecule has 0 bridgehead atoms. The zero-order chi connectivity index (χ0) is 17.9. The van der Waals surface area contributed by atoms with Gasteiger partial charge in [0.25, 0.3) is 15.9 Å². The molecule has 2 aromatic carbocycles. The summed E-state index contributed by atoms with van der Waals surface area (Å²) in [5.74, 6) is 0.417. The Morgan fingerprint density at radius 1 is 1.20 bits per heavy atom. The SMILES string of the molecule is CCCNC(=O)c1ccccc1NS(=O)(=O)c1ccc2c(c1)CCO2. The summed E-state index contributed by atoms with van der Waals surface area (Å²) < 4.78 is 33.3. The minimum absolute atomic E-state index is 0.153. The van der Waals surface area contributed by atoms with Crippen molar-refractivity contribution in [1.29, 1.82) is 0 Å². The molecule has 1 heterocycles. The van der Waals surface area contributed by atoms with E-state index in [1.165, 1.54) is 6.07 Å². The van der Waals surface area contributed by atoms with Gasteiger partial charge in [-0.3, -0.25) is 9.52 Å². The van der Waals surface area contributed by atoms with Gasteiger partial charge in [0.05, 0.1) is 22.8 Å².